The van der Waals surface area contributed by atoms with Crippen molar-refractivity contribution in [2.24, 2.45) is 0 Å². The van der Waals surface area contributed by atoms with Gasteiger partial charge in [-0.15, -0.1) is 6.58 Å². The minimum absolute atomic E-state index is 0.192. The predicted octanol–water partition coefficient (Wildman–Crippen LogP) is 6.19. The molecule has 0 aliphatic rings. The molecule has 0 saturated carbocycles. The molecule has 4 aromatic rings. The number of ether oxygens (including phenoxy) is 2. The fourth-order valence-corrected chi connectivity index (χ4v) is 3.74. The molecule has 0 aliphatic heterocycles. The molecule has 0 aliphatic carbocycles. The molecule has 158 valence electrons. The zero-order valence-corrected chi connectivity index (χ0v) is 17.9. The first-order valence-corrected chi connectivity index (χ1v) is 10.3. The first kappa shape index (κ1) is 20.9. The van der Waals surface area contributed by atoms with Gasteiger partial charge < -0.3 is 14.0 Å². The van der Waals surface area contributed by atoms with E-state index in [2.05, 4.69) is 6.58 Å². The molecule has 0 amide bonds. The molecule has 0 atom stereocenters. The van der Waals surface area contributed by atoms with Crippen LogP contribution in [0, 0.1) is 5.82 Å². The van der Waals surface area contributed by atoms with E-state index in [4.69, 9.17) is 26.1 Å². The van der Waals surface area contributed by atoms with E-state index < -0.39 is 0 Å². The molecule has 1 heterocycles. The molecule has 0 N–H and O–H groups in total. The SMILES string of the molecule is C=CCc1ccc(OCc2nc3ccccc3n2Cc2c(F)cccc2Cl)c(OC)c1. The zero-order chi connectivity index (χ0) is 21.8. The van der Waals surface area contributed by atoms with Crippen molar-refractivity contribution in [2.75, 3.05) is 7.11 Å². The lowest BCUT2D eigenvalue weighted by atomic mass is 10.1. The van der Waals surface area contributed by atoms with E-state index in [0.717, 1.165) is 23.0 Å². The Hall–Kier alpha value is -3.31. The maximum absolute atomic E-state index is 14.5. The molecule has 0 saturated heterocycles. The molecule has 1 aromatic heterocycles. The van der Waals surface area contributed by atoms with Crippen LogP contribution in [0.1, 0.15) is 17.0 Å². The standard InChI is InChI=1S/C25H22ClFN2O2/c1-3-7-17-12-13-23(24(14-17)30-2)31-16-25-28-21-10-4-5-11-22(21)29(25)15-18-19(26)8-6-9-20(18)27/h3-6,8-14H,1,7,15-16H2,2H3. The summed E-state index contributed by atoms with van der Waals surface area (Å²) in [6.07, 6.45) is 2.58. The number of benzene rings is 3. The van der Waals surface area contributed by atoms with Gasteiger partial charge in [0.1, 0.15) is 18.2 Å². The summed E-state index contributed by atoms with van der Waals surface area (Å²) >= 11 is 6.27. The fraction of sp³-hybridized carbons (Fsp3) is 0.160. The Morgan fingerprint density at radius 1 is 1.10 bits per heavy atom. The van der Waals surface area contributed by atoms with Crippen molar-refractivity contribution < 1.29 is 13.9 Å². The van der Waals surface area contributed by atoms with Gasteiger partial charge in [-0.2, -0.15) is 0 Å². The number of imidazole rings is 1. The Morgan fingerprint density at radius 3 is 2.71 bits per heavy atom. The number of aromatic nitrogens is 2. The molecular weight excluding hydrogens is 415 g/mol. The molecule has 0 bridgehead atoms. The van der Waals surface area contributed by atoms with Crippen LogP contribution in [-0.2, 0) is 19.6 Å². The Morgan fingerprint density at radius 2 is 1.94 bits per heavy atom. The summed E-state index contributed by atoms with van der Waals surface area (Å²) in [6, 6.07) is 18.2. The minimum Gasteiger partial charge on any atom is -0.493 e. The number of hydrogen-bond acceptors (Lipinski definition) is 3. The van der Waals surface area contributed by atoms with Crippen LogP contribution in [0.15, 0.2) is 73.3 Å². The molecule has 4 nitrogen and oxygen atoms in total. The van der Waals surface area contributed by atoms with Gasteiger partial charge in [0.2, 0.25) is 0 Å². The van der Waals surface area contributed by atoms with Gasteiger partial charge in [0.25, 0.3) is 0 Å². The summed E-state index contributed by atoms with van der Waals surface area (Å²) < 4.78 is 27.9. The van der Waals surface area contributed by atoms with Gasteiger partial charge in [0.15, 0.2) is 11.5 Å². The maximum Gasteiger partial charge on any atom is 0.161 e. The van der Waals surface area contributed by atoms with Crippen LogP contribution >= 0.6 is 11.6 Å². The van der Waals surface area contributed by atoms with Gasteiger partial charge in [-0.25, -0.2) is 9.37 Å². The second kappa shape index (κ2) is 9.23. The highest BCUT2D eigenvalue weighted by molar-refractivity contribution is 6.31. The van der Waals surface area contributed by atoms with Crippen molar-refractivity contribution in [3.63, 3.8) is 0 Å². The summed E-state index contributed by atoms with van der Waals surface area (Å²) in [6.45, 7) is 4.21. The monoisotopic (exact) mass is 436 g/mol. The molecule has 0 fully saturated rings. The number of rotatable bonds is 8. The molecule has 3 aromatic carbocycles. The maximum atomic E-state index is 14.5. The second-order valence-electron chi connectivity index (χ2n) is 7.07. The Bertz CT molecular complexity index is 1220. The smallest absolute Gasteiger partial charge is 0.161 e. The van der Waals surface area contributed by atoms with Crippen molar-refractivity contribution in [3.05, 3.63) is 101 Å². The number of methoxy groups -OCH3 is 1. The number of nitrogens with zero attached hydrogens (tertiary/aromatic N) is 2. The van der Waals surface area contributed by atoms with Gasteiger partial charge in [-0.3, -0.25) is 0 Å². The third-order valence-electron chi connectivity index (χ3n) is 5.08. The topological polar surface area (TPSA) is 36.3 Å². The van der Waals surface area contributed by atoms with E-state index in [-0.39, 0.29) is 19.0 Å². The number of allylic oxidation sites excluding steroid dienone is 1. The lowest BCUT2D eigenvalue weighted by molar-refractivity contribution is 0.272. The highest BCUT2D eigenvalue weighted by Crippen LogP contribution is 2.30. The number of halogens is 2. The van der Waals surface area contributed by atoms with Gasteiger partial charge >= 0.3 is 0 Å². The summed E-state index contributed by atoms with van der Waals surface area (Å²) in [5, 5.41) is 0.379. The van der Waals surface area contributed by atoms with Crippen molar-refractivity contribution in [3.8, 4) is 11.5 Å². The third kappa shape index (κ3) is 4.42. The van der Waals surface area contributed by atoms with Crippen LogP contribution in [0.25, 0.3) is 11.0 Å². The van der Waals surface area contributed by atoms with Crippen LogP contribution in [0.4, 0.5) is 4.39 Å². The highest BCUT2D eigenvalue weighted by Gasteiger charge is 2.16. The molecule has 31 heavy (non-hydrogen) atoms. The molecule has 0 radical (unpaired) electrons. The average Bonchev–Trinajstić information content (AvgIpc) is 3.13. The normalized spacial score (nSPS) is 10.9. The van der Waals surface area contributed by atoms with Gasteiger partial charge in [0.05, 0.1) is 24.7 Å². The first-order valence-electron chi connectivity index (χ1n) is 9.88. The molecule has 0 spiro atoms. The van der Waals surface area contributed by atoms with Crippen molar-refractivity contribution >= 4 is 22.6 Å². The van der Waals surface area contributed by atoms with Crippen molar-refractivity contribution in [1.29, 1.82) is 0 Å². The fourth-order valence-electron chi connectivity index (χ4n) is 3.52. The van der Waals surface area contributed by atoms with E-state index in [9.17, 15) is 4.39 Å². The molecule has 4 rings (SSSR count). The zero-order valence-electron chi connectivity index (χ0n) is 17.1. The number of fused-ring (bicyclic) bond motifs is 1. The van der Waals surface area contributed by atoms with E-state index in [0.29, 0.717) is 27.9 Å². The third-order valence-corrected chi connectivity index (χ3v) is 5.43. The number of para-hydroxylation sites is 2. The van der Waals surface area contributed by atoms with E-state index in [1.54, 1.807) is 19.2 Å². The van der Waals surface area contributed by atoms with E-state index >= 15 is 0 Å². The van der Waals surface area contributed by atoms with Crippen LogP contribution in [0.5, 0.6) is 11.5 Å². The lowest BCUT2D eigenvalue weighted by Crippen LogP contribution is -2.10. The second-order valence-corrected chi connectivity index (χ2v) is 7.48. The Balaban J connectivity index is 1.67. The van der Waals surface area contributed by atoms with E-state index in [1.807, 2.05) is 53.1 Å². The van der Waals surface area contributed by atoms with Crippen molar-refractivity contribution in [1.82, 2.24) is 9.55 Å². The van der Waals surface area contributed by atoms with Crippen LogP contribution in [0.2, 0.25) is 5.02 Å². The van der Waals surface area contributed by atoms with Gasteiger partial charge in [0, 0.05) is 10.6 Å². The largest absolute Gasteiger partial charge is 0.493 e. The Labute approximate surface area is 185 Å². The summed E-state index contributed by atoms with van der Waals surface area (Å²) in [5.74, 6) is 1.56. The summed E-state index contributed by atoms with van der Waals surface area (Å²) in [7, 11) is 1.61. The van der Waals surface area contributed by atoms with Gasteiger partial charge in [-0.05, 0) is 48.4 Å². The van der Waals surface area contributed by atoms with Crippen LogP contribution in [-0.4, -0.2) is 16.7 Å². The van der Waals surface area contributed by atoms with Crippen LogP contribution < -0.4 is 9.47 Å². The Kier molecular flexibility index (Phi) is 6.23. The predicted molar refractivity (Wildman–Crippen MR) is 121 cm³/mol. The summed E-state index contributed by atoms with van der Waals surface area (Å²) in [4.78, 5) is 4.70. The lowest BCUT2D eigenvalue weighted by Gasteiger charge is -2.14. The molecule has 6 heteroatoms. The van der Waals surface area contributed by atoms with Gasteiger partial charge in [-0.1, -0.05) is 41.9 Å². The van der Waals surface area contributed by atoms with Crippen molar-refractivity contribution in [2.45, 2.75) is 19.6 Å². The first-order chi connectivity index (χ1) is 15.1. The minimum atomic E-state index is -0.350. The number of hydrogen-bond donors (Lipinski definition) is 0. The highest BCUT2D eigenvalue weighted by atomic mass is 35.5. The molecule has 0 unspecified atom stereocenters. The summed E-state index contributed by atoms with van der Waals surface area (Å²) in [5.41, 5.74) is 3.19. The quantitative estimate of drug-likeness (QED) is 0.309. The average molecular weight is 437 g/mol. The van der Waals surface area contributed by atoms with E-state index in [1.165, 1.54) is 6.07 Å². The molecular formula is C25H22ClFN2O2. The van der Waals surface area contributed by atoms with Crippen LogP contribution in [0.3, 0.4) is 0 Å².